The highest BCUT2D eigenvalue weighted by molar-refractivity contribution is 7.91. The molecular formula is C23H29NO6S2. The lowest BCUT2D eigenvalue weighted by Crippen LogP contribution is -2.40. The SMILES string of the molecule is COC(=O)C1CCCC(NS(=O)(=O)c2cc(S(=O)(=O)c3ccccc3)ccc2C(C)C)C1. The van der Waals surface area contributed by atoms with Crippen molar-refractivity contribution < 1.29 is 26.4 Å². The van der Waals surface area contributed by atoms with Crippen LogP contribution in [0.1, 0.15) is 51.0 Å². The second-order valence-electron chi connectivity index (χ2n) is 8.38. The maximum Gasteiger partial charge on any atom is 0.308 e. The van der Waals surface area contributed by atoms with E-state index < -0.39 is 25.9 Å². The molecule has 1 aliphatic carbocycles. The van der Waals surface area contributed by atoms with Gasteiger partial charge in [0.25, 0.3) is 0 Å². The monoisotopic (exact) mass is 479 g/mol. The molecule has 0 radical (unpaired) electrons. The number of carbonyl (C=O) groups is 1. The van der Waals surface area contributed by atoms with Crippen molar-refractivity contribution in [2.24, 2.45) is 5.92 Å². The first kappa shape index (κ1) is 24.4. The van der Waals surface area contributed by atoms with Gasteiger partial charge in [0.15, 0.2) is 0 Å². The molecule has 2 atom stereocenters. The summed E-state index contributed by atoms with van der Waals surface area (Å²) in [6, 6.07) is 11.7. The molecule has 2 aromatic carbocycles. The Morgan fingerprint density at radius 3 is 2.31 bits per heavy atom. The first-order chi connectivity index (χ1) is 15.1. The number of esters is 1. The molecular weight excluding hydrogens is 450 g/mol. The Kier molecular flexibility index (Phi) is 7.42. The van der Waals surface area contributed by atoms with Crippen LogP contribution in [-0.2, 0) is 29.4 Å². The zero-order valence-electron chi connectivity index (χ0n) is 18.4. The average molecular weight is 480 g/mol. The number of hydrogen-bond donors (Lipinski definition) is 1. The molecule has 1 fully saturated rings. The predicted molar refractivity (Wildman–Crippen MR) is 121 cm³/mol. The van der Waals surface area contributed by atoms with Gasteiger partial charge in [0.2, 0.25) is 19.9 Å². The van der Waals surface area contributed by atoms with Gasteiger partial charge in [-0.05, 0) is 55.0 Å². The minimum absolute atomic E-state index is 0.0512. The predicted octanol–water partition coefficient (Wildman–Crippen LogP) is 3.65. The minimum atomic E-state index is -4.02. The second kappa shape index (κ2) is 9.72. The van der Waals surface area contributed by atoms with Gasteiger partial charge in [-0.2, -0.15) is 0 Å². The summed E-state index contributed by atoms with van der Waals surface area (Å²) < 4.78 is 60.4. The third-order valence-corrected chi connectivity index (χ3v) is 9.13. The van der Waals surface area contributed by atoms with Crippen LogP contribution in [0.4, 0.5) is 0 Å². The van der Waals surface area contributed by atoms with Crippen LogP contribution in [0.25, 0.3) is 0 Å². The van der Waals surface area contributed by atoms with E-state index in [2.05, 4.69) is 4.72 Å². The number of sulfone groups is 1. The molecule has 0 amide bonds. The summed E-state index contributed by atoms with van der Waals surface area (Å²) >= 11 is 0. The van der Waals surface area contributed by atoms with Gasteiger partial charge in [0, 0.05) is 6.04 Å². The van der Waals surface area contributed by atoms with Crippen LogP contribution in [0.2, 0.25) is 0 Å². The summed E-state index contributed by atoms with van der Waals surface area (Å²) in [5, 5.41) is 0. The molecule has 2 aromatic rings. The first-order valence-electron chi connectivity index (χ1n) is 10.6. The highest BCUT2D eigenvalue weighted by Gasteiger charge is 2.32. The fourth-order valence-corrected chi connectivity index (χ4v) is 7.15. The third kappa shape index (κ3) is 5.22. The van der Waals surface area contributed by atoms with Gasteiger partial charge in [-0.1, -0.05) is 44.5 Å². The number of methoxy groups -OCH3 is 1. The highest BCUT2D eigenvalue weighted by Crippen LogP contribution is 2.31. The summed E-state index contributed by atoms with van der Waals surface area (Å²) in [6.45, 7) is 3.71. The number of nitrogens with one attached hydrogen (secondary N) is 1. The number of ether oxygens (including phenoxy) is 1. The van der Waals surface area contributed by atoms with E-state index in [0.29, 0.717) is 31.2 Å². The van der Waals surface area contributed by atoms with Crippen molar-refractivity contribution in [2.45, 2.75) is 66.2 Å². The average Bonchev–Trinajstić information content (AvgIpc) is 2.78. The van der Waals surface area contributed by atoms with Gasteiger partial charge < -0.3 is 4.74 Å². The van der Waals surface area contributed by atoms with Crippen LogP contribution in [0.3, 0.4) is 0 Å². The highest BCUT2D eigenvalue weighted by atomic mass is 32.2. The van der Waals surface area contributed by atoms with E-state index in [9.17, 15) is 21.6 Å². The van der Waals surface area contributed by atoms with E-state index in [1.54, 1.807) is 24.3 Å². The van der Waals surface area contributed by atoms with Gasteiger partial charge in [-0.15, -0.1) is 0 Å². The maximum absolute atomic E-state index is 13.4. The summed E-state index contributed by atoms with van der Waals surface area (Å²) in [4.78, 5) is 11.9. The molecule has 0 bridgehead atoms. The smallest absolute Gasteiger partial charge is 0.308 e. The topological polar surface area (TPSA) is 107 Å². The van der Waals surface area contributed by atoms with E-state index in [0.717, 1.165) is 0 Å². The number of benzene rings is 2. The van der Waals surface area contributed by atoms with Crippen LogP contribution in [0, 0.1) is 5.92 Å². The Labute approximate surface area is 190 Å². The molecule has 9 heteroatoms. The van der Waals surface area contributed by atoms with Crippen molar-refractivity contribution >= 4 is 25.8 Å². The van der Waals surface area contributed by atoms with E-state index in [1.165, 1.54) is 31.4 Å². The van der Waals surface area contributed by atoms with Crippen molar-refractivity contribution in [3.63, 3.8) is 0 Å². The minimum Gasteiger partial charge on any atom is -0.469 e. The lowest BCUT2D eigenvalue weighted by Gasteiger charge is -2.28. The van der Waals surface area contributed by atoms with Gasteiger partial charge in [0.1, 0.15) is 0 Å². The van der Waals surface area contributed by atoms with Crippen molar-refractivity contribution in [3.8, 4) is 0 Å². The summed E-state index contributed by atoms with van der Waals surface area (Å²) in [6.07, 6.45) is 2.32. The lowest BCUT2D eigenvalue weighted by molar-refractivity contribution is -0.146. The first-order valence-corrected chi connectivity index (χ1v) is 13.6. The Hall–Kier alpha value is -2.23. The molecule has 0 aromatic heterocycles. The van der Waals surface area contributed by atoms with E-state index in [4.69, 9.17) is 4.74 Å². The molecule has 3 rings (SSSR count). The van der Waals surface area contributed by atoms with Crippen molar-refractivity contribution in [2.75, 3.05) is 7.11 Å². The van der Waals surface area contributed by atoms with Crippen LogP contribution >= 0.6 is 0 Å². The molecule has 32 heavy (non-hydrogen) atoms. The molecule has 7 nitrogen and oxygen atoms in total. The number of carbonyl (C=O) groups excluding carboxylic acids is 1. The maximum atomic E-state index is 13.4. The van der Waals surface area contributed by atoms with Gasteiger partial charge in [-0.25, -0.2) is 21.6 Å². The van der Waals surface area contributed by atoms with E-state index >= 15 is 0 Å². The quantitative estimate of drug-likeness (QED) is 0.608. The Morgan fingerprint density at radius 2 is 1.69 bits per heavy atom. The Bertz CT molecular complexity index is 1170. The Morgan fingerprint density at radius 1 is 1.00 bits per heavy atom. The molecule has 1 N–H and O–H groups in total. The molecule has 0 heterocycles. The number of rotatable bonds is 7. The number of hydrogen-bond acceptors (Lipinski definition) is 6. The van der Waals surface area contributed by atoms with Gasteiger partial charge in [0.05, 0.1) is 27.7 Å². The molecule has 0 aliphatic heterocycles. The molecule has 1 aliphatic rings. The van der Waals surface area contributed by atoms with Gasteiger partial charge in [-0.3, -0.25) is 4.79 Å². The fraction of sp³-hybridized carbons (Fsp3) is 0.435. The van der Waals surface area contributed by atoms with Crippen molar-refractivity contribution in [1.29, 1.82) is 0 Å². The molecule has 0 spiro atoms. The largest absolute Gasteiger partial charge is 0.469 e. The van der Waals surface area contributed by atoms with Crippen molar-refractivity contribution in [3.05, 3.63) is 54.1 Å². The molecule has 0 saturated heterocycles. The van der Waals surface area contributed by atoms with Crippen LogP contribution in [0.5, 0.6) is 0 Å². The molecule has 174 valence electrons. The fourth-order valence-electron chi connectivity index (χ4n) is 4.09. The second-order valence-corrected chi connectivity index (χ2v) is 12.0. The summed E-state index contributed by atoms with van der Waals surface area (Å²) in [7, 11) is -6.57. The zero-order valence-corrected chi connectivity index (χ0v) is 20.1. The normalized spacial score (nSPS) is 19.6. The summed E-state index contributed by atoms with van der Waals surface area (Å²) in [5.74, 6) is -0.826. The standard InChI is InChI=1S/C23H29NO6S2/c1-16(2)21-13-12-20(31(26,27)19-10-5-4-6-11-19)15-22(21)32(28,29)24-18-9-7-8-17(14-18)23(25)30-3/h4-6,10-13,15-18,24H,7-9,14H2,1-3H3. The lowest BCUT2D eigenvalue weighted by atomic mass is 9.86. The molecule has 1 saturated carbocycles. The summed E-state index contributed by atoms with van der Waals surface area (Å²) in [5.41, 5.74) is 0.532. The number of sulfonamides is 1. The zero-order chi connectivity index (χ0) is 23.5. The van der Waals surface area contributed by atoms with Crippen LogP contribution in [0.15, 0.2) is 63.2 Å². The Balaban J connectivity index is 1.98. The van der Waals surface area contributed by atoms with E-state index in [1.807, 2.05) is 13.8 Å². The molecule has 2 unspecified atom stereocenters. The van der Waals surface area contributed by atoms with E-state index in [-0.39, 0.29) is 32.5 Å². The van der Waals surface area contributed by atoms with Crippen LogP contribution < -0.4 is 4.72 Å². The third-order valence-electron chi connectivity index (χ3n) is 5.79. The van der Waals surface area contributed by atoms with Crippen LogP contribution in [-0.4, -0.2) is 36.0 Å². The van der Waals surface area contributed by atoms with Crippen molar-refractivity contribution in [1.82, 2.24) is 4.72 Å². The van der Waals surface area contributed by atoms with Gasteiger partial charge >= 0.3 is 5.97 Å².